The lowest BCUT2D eigenvalue weighted by atomic mass is 10.0. The molecule has 4 heteroatoms. The molecule has 1 amide bonds. The van der Waals surface area contributed by atoms with Crippen LogP contribution in [0.15, 0.2) is 18.5 Å². The van der Waals surface area contributed by atoms with Crippen LogP contribution < -0.4 is 11.1 Å². The summed E-state index contributed by atoms with van der Waals surface area (Å²) in [7, 11) is 1.97. The zero-order chi connectivity index (χ0) is 13.5. The molecule has 0 spiro atoms. The minimum absolute atomic E-state index is 0.0625. The number of carbonyl (C=O) groups excluding carboxylic acids is 1. The van der Waals surface area contributed by atoms with Crippen LogP contribution in [0.2, 0.25) is 0 Å². The van der Waals surface area contributed by atoms with Crippen LogP contribution in [0, 0.1) is 5.92 Å². The van der Waals surface area contributed by atoms with E-state index in [0.29, 0.717) is 6.54 Å². The van der Waals surface area contributed by atoms with Crippen molar-refractivity contribution in [1.29, 1.82) is 0 Å². The van der Waals surface area contributed by atoms with Gasteiger partial charge in [-0.15, -0.1) is 0 Å². The van der Waals surface area contributed by atoms with Crippen LogP contribution in [0.4, 0.5) is 0 Å². The first-order chi connectivity index (χ1) is 8.49. The molecular weight excluding hydrogens is 226 g/mol. The molecule has 0 radical (unpaired) electrons. The Morgan fingerprint density at radius 1 is 1.44 bits per heavy atom. The van der Waals surface area contributed by atoms with E-state index in [9.17, 15) is 4.79 Å². The van der Waals surface area contributed by atoms with Crippen molar-refractivity contribution in [1.82, 2.24) is 9.88 Å². The summed E-state index contributed by atoms with van der Waals surface area (Å²) in [6, 6.07) is 2.24. The molecule has 3 N–H and O–H groups in total. The molecule has 0 aromatic carbocycles. The van der Waals surface area contributed by atoms with E-state index in [-0.39, 0.29) is 17.9 Å². The molecule has 1 aromatic heterocycles. The van der Waals surface area contributed by atoms with Crippen molar-refractivity contribution >= 4 is 5.91 Å². The molecule has 18 heavy (non-hydrogen) atoms. The highest BCUT2D eigenvalue weighted by Gasteiger charge is 2.12. The number of nitrogens with two attached hydrogens (primary N) is 1. The van der Waals surface area contributed by atoms with Gasteiger partial charge in [0.05, 0.1) is 0 Å². The molecule has 102 valence electrons. The van der Waals surface area contributed by atoms with Crippen molar-refractivity contribution in [3.63, 3.8) is 0 Å². The third-order valence-corrected chi connectivity index (χ3v) is 3.10. The molecular formula is C14H25N3O. The largest absolute Gasteiger partial charge is 0.357 e. The Bertz CT molecular complexity index is 371. The fraction of sp³-hybridized carbons (Fsp3) is 0.643. The predicted molar refractivity (Wildman–Crippen MR) is 73.9 cm³/mol. The lowest BCUT2D eigenvalue weighted by Gasteiger charge is -2.12. The Hall–Kier alpha value is -1.29. The highest BCUT2D eigenvalue weighted by atomic mass is 16.1. The summed E-state index contributed by atoms with van der Waals surface area (Å²) < 4.78 is 1.98. The van der Waals surface area contributed by atoms with Crippen molar-refractivity contribution in [2.45, 2.75) is 45.7 Å². The molecule has 1 aromatic rings. The van der Waals surface area contributed by atoms with Gasteiger partial charge in [0.1, 0.15) is 0 Å². The van der Waals surface area contributed by atoms with E-state index in [0.717, 1.165) is 24.8 Å². The summed E-state index contributed by atoms with van der Waals surface area (Å²) in [6.07, 6.45) is 6.89. The van der Waals surface area contributed by atoms with E-state index in [1.165, 1.54) is 0 Å². The molecule has 1 rings (SSSR count). The van der Waals surface area contributed by atoms with Crippen LogP contribution in [0.3, 0.4) is 0 Å². The number of amides is 1. The fourth-order valence-electron chi connectivity index (χ4n) is 1.91. The van der Waals surface area contributed by atoms with Crippen molar-refractivity contribution in [2.75, 3.05) is 0 Å². The fourth-order valence-corrected chi connectivity index (χ4v) is 1.91. The van der Waals surface area contributed by atoms with Crippen molar-refractivity contribution in [3.05, 3.63) is 24.0 Å². The monoisotopic (exact) mass is 251 g/mol. The van der Waals surface area contributed by atoms with E-state index in [2.05, 4.69) is 5.32 Å². The van der Waals surface area contributed by atoms with Gasteiger partial charge in [0.25, 0.3) is 0 Å². The number of carbonyl (C=O) groups is 1. The summed E-state index contributed by atoms with van der Waals surface area (Å²) in [5.74, 6) is 0.191. The van der Waals surface area contributed by atoms with Crippen molar-refractivity contribution in [3.8, 4) is 0 Å². The van der Waals surface area contributed by atoms with Crippen molar-refractivity contribution < 1.29 is 4.79 Å². The number of hydrogen-bond donors (Lipinski definition) is 2. The second-order valence-corrected chi connectivity index (χ2v) is 5.21. The predicted octanol–water partition coefficient (Wildman–Crippen LogP) is 1.79. The highest BCUT2D eigenvalue weighted by molar-refractivity contribution is 5.78. The van der Waals surface area contributed by atoms with Crippen LogP contribution in [-0.4, -0.2) is 16.5 Å². The smallest absolute Gasteiger partial charge is 0.223 e. The Morgan fingerprint density at radius 3 is 2.72 bits per heavy atom. The summed E-state index contributed by atoms with van der Waals surface area (Å²) in [4.78, 5) is 11.8. The average Bonchev–Trinajstić information content (AvgIpc) is 2.71. The molecule has 0 aliphatic heterocycles. The number of rotatable bonds is 7. The number of aryl methyl sites for hydroxylation is 1. The third kappa shape index (κ3) is 5.36. The summed E-state index contributed by atoms with van der Waals surface area (Å²) in [6.45, 7) is 4.58. The van der Waals surface area contributed by atoms with E-state index < -0.39 is 0 Å². The van der Waals surface area contributed by atoms with Gasteiger partial charge >= 0.3 is 0 Å². The Labute approximate surface area is 110 Å². The van der Waals surface area contributed by atoms with Crippen LogP contribution in [0.5, 0.6) is 0 Å². The van der Waals surface area contributed by atoms with Crippen LogP contribution in [0.1, 0.15) is 38.7 Å². The summed E-state index contributed by atoms with van der Waals surface area (Å²) in [5, 5.41) is 2.97. The molecule has 2 unspecified atom stereocenters. The first-order valence-electron chi connectivity index (χ1n) is 6.63. The van der Waals surface area contributed by atoms with Gasteiger partial charge in [0, 0.05) is 37.9 Å². The minimum Gasteiger partial charge on any atom is -0.357 e. The van der Waals surface area contributed by atoms with Gasteiger partial charge in [-0.05, 0) is 31.4 Å². The van der Waals surface area contributed by atoms with Gasteiger partial charge in [-0.25, -0.2) is 0 Å². The van der Waals surface area contributed by atoms with Gasteiger partial charge < -0.3 is 15.6 Å². The van der Waals surface area contributed by atoms with E-state index in [4.69, 9.17) is 5.73 Å². The standard InChI is InChI=1S/C14H25N3O/c1-11(5-4-6-12(2)15)14(18)16-9-13-7-8-17(3)10-13/h7-8,10-12H,4-6,9,15H2,1-3H3,(H,16,18). The molecule has 1 heterocycles. The van der Waals surface area contributed by atoms with Gasteiger partial charge in [-0.2, -0.15) is 0 Å². The lowest BCUT2D eigenvalue weighted by Crippen LogP contribution is -2.28. The van der Waals surface area contributed by atoms with E-state index in [1.54, 1.807) is 0 Å². The molecule has 2 atom stereocenters. The van der Waals surface area contributed by atoms with Crippen LogP contribution in [0.25, 0.3) is 0 Å². The maximum Gasteiger partial charge on any atom is 0.223 e. The third-order valence-electron chi connectivity index (χ3n) is 3.10. The zero-order valence-corrected chi connectivity index (χ0v) is 11.6. The second kappa shape index (κ2) is 7.21. The molecule has 0 bridgehead atoms. The Balaban J connectivity index is 2.23. The van der Waals surface area contributed by atoms with Crippen LogP contribution >= 0.6 is 0 Å². The zero-order valence-electron chi connectivity index (χ0n) is 11.6. The van der Waals surface area contributed by atoms with Gasteiger partial charge in [-0.3, -0.25) is 4.79 Å². The average molecular weight is 251 g/mol. The van der Waals surface area contributed by atoms with Crippen LogP contribution in [-0.2, 0) is 18.4 Å². The molecule has 0 aliphatic rings. The maximum atomic E-state index is 11.8. The van der Waals surface area contributed by atoms with Gasteiger partial charge in [0.15, 0.2) is 0 Å². The first kappa shape index (κ1) is 14.8. The van der Waals surface area contributed by atoms with Gasteiger partial charge in [0.2, 0.25) is 5.91 Å². The van der Waals surface area contributed by atoms with E-state index >= 15 is 0 Å². The summed E-state index contributed by atoms with van der Waals surface area (Å²) in [5.41, 5.74) is 6.82. The highest BCUT2D eigenvalue weighted by Crippen LogP contribution is 2.09. The molecule has 0 aliphatic carbocycles. The number of hydrogen-bond acceptors (Lipinski definition) is 2. The number of aromatic nitrogens is 1. The molecule has 4 nitrogen and oxygen atoms in total. The number of nitrogens with one attached hydrogen (secondary N) is 1. The lowest BCUT2D eigenvalue weighted by molar-refractivity contribution is -0.124. The quantitative estimate of drug-likeness (QED) is 0.776. The molecule has 0 fully saturated rings. The minimum atomic E-state index is 0.0625. The normalized spacial score (nSPS) is 14.2. The maximum absolute atomic E-state index is 11.8. The summed E-state index contributed by atoms with van der Waals surface area (Å²) >= 11 is 0. The van der Waals surface area contributed by atoms with Gasteiger partial charge in [-0.1, -0.05) is 13.3 Å². The molecule has 0 saturated heterocycles. The number of nitrogens with zero attached hydrogens (tertiary/aromatic N) is 1. The van der Waals surface area contributed by atoms with Crippen molar-refractivity contribution in [2.24, 2.45) is 18.7 Å². The molecule has 0 saturated carbocycles. The second-order valence-electron chi connectivity index (χ2n) is 5.21. The topological polar surface area (TPSA) is 60.1 Å². The first-order valence-corrected chi connectivity index (χ1v) is 6.63. The Kier molecular flexibility index (Phi) is 5.92. The SMILES string of the molecule is CC(N)CCCC(C)C(=O)NCc1ccn(C)c1. The van der Waals surface area contributed by atoms with E-state index in [1.807, 2.05) is 43.9 Å². The Morgan fingerprint density at radius 2 is 2.17 bits per heavy atom.